The van der Waals surface area contributed by atoms with Crippen molar-refractivity contribution in [2.24, 2.45) is 0 Å². The molecule has 2 N–H and O–H groups in total. The summed E-state index contributed by atoms with van der Waals surface area (Å²) in [5, 5.41) is 6.09. The molecule has 0 heterocycles. The summed E-state index contributed by atoms with van der Waals surface area (Å²) < 4.78 is 5.38. The van der Waals surface area contributed by atoms with Crippen molar-refractivity contribution in [3.05, 3.63) is 23.2 Å². The van der Waals surface area contributed by atoms with Gasteiger partial charge in [-0.2, -0.15) is 0 Å². The molecule has 0 atom stereocenters. The number of ether oxygens (including phenoxy) is 1. The highest BCUT2D eigenvalue weighted by Gasteiger charge is 2.07. The number of halogens is 1. The van der Waals surface area contributed by atoms with E-state index in [2.05, 4.69) is 10.6 Å². The molecule has 0 radical (unpaired) electrons. The van der Waals surface area contributed by atoms with Crippen LogP contribution in [0.1, 0.15) is 6.92 Å². The van der Waals surface area contributed by atoms with Crippen LogP contribution in [0.15, 0.2) is 18.2 Å². The predicted octanol–water partition coefficient (Wildman–Crippen LogP) is 1.90. The summed E-state index contributed by atoms with van der Waals surface area (Å²) in [5.41, 5.74) is 0.631. The lowest BCUT2D eigenvalue weighted by Gasteiger charge is -2.11. The number of anilines is 1. The van der Waals surface area contributed by atoms with Crippen LogP contribution in [0.4, 0.5) is 5.69 Å². The van der Waals surface area contributed by atoms with Crippen LogP contribution in [0.3, 0.4) is 0 Å². The third-order valence-electron chi connectivity index (χ3n) is 1.85. The lowest BCUT2D eigenvalue weighted by molar-refractivity contribution is -0.115. The second kappa shape index (κ2) is 6.35. The first-order valence-electron chi connectivity index (χ1n) is 5.04. The molecule has 1 aromatic rings. The van der Waals surface area contributed by atoms with Crippen LogP contribution in [-0.2, 0) is 4.79 Å². The van der Waals surface area contributed by atoms with E-state index in [0.717, 1.165) is 0 Å². The van der Waals surface area contributed by atoms with Crippen molar-refractivity contribution in [3.63, 3.8) is 0 Å². The number of hydrogen-bond donors (Lipinski definition) is 2. The molecule has 0 aliphatic heterocycles. The molecule has 1 amide bonds. The molecule has 16 heavy (non-hydrogen) atoms. The van der Waals surface area contributed by atoms with Gasteiger partial charge in [0, 0.05) is 11.1 Å². The van der Waals surface area contributed by atoms with Gasteiger partial charge in [-0.1, -0.05) is 11.6 Å². The maximum Gasteiger partial charge on any atom is 0.238 e. The van der Waals surface area contributed by atoms with E-state index < -0.39 is 0 Å². The molecule has 0 saturated heterocycles. The van der Waals surface area contributed by atoms with Gasteiger partial charge in [0.1, 0.15) is 5.75 Å². The summed E-state index contributed by atoms with van der Waals surface area (Å²) >= 11 is 5.85. The molecule has 0 aliphatic carbocycles. The van der Waals surface area contributed by atoms with Crippen molar-refractivity contribution in [2.75, 3.05) is 25.5 Å². The van der Waals surface area contributed by atoms with E-state index in [1.807, 2.05) is 6.92 Å². The minimum atomic E-state index is -0.120. The average molecular weight is 243 g/mol. The Hall–Kier alpha value is -1.26. The normalized spacial score (nSPS) is 9.94. The van der Waals surface area contributed by atoms with Crippen LogP contribution in [0, 0.1) is 0 Å². The van der Waals surface area contributed by atoms with Gasteiger partial charge in [-0.25, -0.2) is 0 Å². The number of hydrogen-bond acceptors (Lipinski definition) is 3. The maximum atomic E-state index is 11.4. The number of carbonyl (C=O) groups excluding carboxylic acids is 1. The molecule has 0 spiro atoms. The molecule has 0 bridgehead atoms. The SMILES string of the molecule is CCOc1cc(Cl)ccc1NC(=O)CNC. The Morgan fingerprint density at radius 1 is 1.50 bits per heavy atom. The van der Waals surface area contributed by atoms with Gasteiger partial charge in [0.25, 0.3) is 0 Å². The average Bonchev–Trinajstić information content (AvgIpc) is 2.23. The standard InChI is InChI=1S/C11H15ClN2O2/c1-3-16-10-6-8(12)4-5-9(10)14-11(15)7-13-2/h4-6,13H,3,7H2,1-2H3,(H,14,15). The second-order valence-electron chi connectivity index (χ2n) is 3.15. The Balaban J connectivity index is 2.81. The first kappa shape index (κ1) is 12.8. The van der Waals surface area contributed by atoms with E-state index in [1.54, 1.807) is 25.2 Å². The Kier molecular flexibility index (Phi) is 5.08. The zero-order chi connectivity index (χ0) is 12.0. The molecule has 0 fully saturated rings. The fourth-order valence-corrected chi connectivity index (χ4v) is 1.39. The first-order valence-corrected chi connectivity index (χ1v) is 5.42. The molecule has 0 aromatic heterocycles. The van der Waals surface area contributed by atoms with Gasteiger partial charge in [0.15, 0.2) is 0 Å². The molecule has 1 aromatic carbocycles. The Bertz CT molecular complexity index is 369. The summed E-state index contributed by atoms with van der Waals surface area (Å²) in [6.07, 6.45) is 0. The third kappa shape index (κ3) is 3.72. The molecule has 4 nitrogen and oxygen atoms in total. The third-order valence-corrected chi connectivity index (χ3v) is 2.09. The fraction of sp³-hybridized carbons (Fsp3) is 0.364. The summed E-state index contributed by atoms with van der Waals surface area (Å²) in [6.45, 7) is 2.66. The number of carbonyl (C=O) groups is 1. The molecule has 0 saturated carbocycles. The molecular weight excluding hydrogens is 228 g/mol. The molecular formula is C11H15ClN2O2. The predicted molar refractivity (Wildman–Crippen MR) is 65.2 cm³/mol. The highest BCUT2D eigenvalue weighted by Crippen LogP contribution is 2.27. The van der Waals surface area contributed by atoms with Gasteiger partial charge in [0.2, 0.25) is 5.91 Å². The zero-order valence-electron chi connectivity index (χ0n) is 9.34. The lowest BCUT2D eigenvalue weighted by atomic mass is 10.3. The van der Waals surface area contributed by atoms with Crippen molar-refractivity contribution >= 4 is 23.2 Å². The summed E-state index contributed by atoms with van der Waals surface area (Å²) in [5.74, 6) is 0.463. The van der Waals surface area contributed by atoms with E-state index in [1.165, 1.54) is 0 Å². The Morgan fingerprint density at radius 2 is 2.25 bits per heavy atom. The number of likely N-dealkylation sites (N-methyl/N-ethyl adjacent to an activating group) is 1. The van der Waals surface area contributed by atoms with Crippen LogP contribution in [0.25, 0.3) is 0 Å². The summed E-state index contributed by atoms with van der Waals surface area (Å²) in [4.78, 5) is 11.4. The van der Waals surface area contributed by atoms with Crippen molar-refractivity contribution < 1.29 is 9.53 Å². The highest BCUT2D eigenvalue weighted by molar-refractivity contribution is 6.30. The molecule has 0 unspecified atom stereocenters. The van der Waals surface area contributed by atoms with E-state index in [4.69, 9.17) is 16.3 Å². The quantitative estimate of drug-likeness (QED) is 0.829. The van der Waals surface area contributed by atoms with Crippen molar-refractivity contribution in [1.29, 1.82) is 0 Å². The molecule has 1 rings (SSSR count). The minimum Gasteiger partial charge on any atom is -0.492 e. The van der Waals surface area contributed by atoms with Crippen LogP contribution in [0.2, 0.25) is 5.02 Å². The Morgan fingerprint density at radius 3 is 2.88 bits per heavy atom. The summed E-state index contributed by atoms with van der Waals surface area (Å²) in [7, 11) is 1.71. The molecule has 88 valence electrons. The smallest absolute Gasteiger partial charge is 0.238 e. The zero-order valence-corrected chi connectivity index (χ0v) is 10.1. The van der Waals surface area contributed by atoms with Gasteiger partial charge in [-0.3, -0.25) is 4.79 Å². The van der Waals surface area contributed by atoms with Gasteiger partial charge in [-0.05, 0) is 26.1 Å². The van der Waals surface area contributed by atoms with E-state index in [9.17, 15) is 4.79 Å². The molecule has 0 aliphatic rings. The Labute approximate surface area is 99.9 Å². The van der Waals surface area contributed by atoms with Gasteiger partial charge in [0.05, 0.1) is 18.8 Å². The van der Waals surface area contributed by atoms with Gasteiger partial charge >= 0.3 is 0 Å². The fourth-order valence-electron chi connectivity index (χ4n) is 1.23. The maximum absolute atomic E-state index is 11.4. The summed E-state index contributed by atoms with van der Waals surface area (Å²) in [6, 6.07) is 5.11. The lowest BCUT2D eigenvalue weighted by Crippen LogP contribution is -2.25. The topological polar surface area (TPSA) is 50.4 Å². The minimum absolute atomic E-state index is 0.120. The van der Waals surface area contributed by atoms with Gasteiger partial charge in [-0.15, -0.1) is 0 Å². The monoisotopic (exact) mass is 242 g/mol. The van der Waals surface area contributed by atoms with Crippen molar-refractivity contribution in [2.45, 2.75) is 6.92 Å². The van der Waals surface area contributed by atoms with E-state index >= 15 is 0 Å². The van der Waals surface area contributed by atoms with Crippen LogP contribution in [0.5, 0.6) is 5.75 Å². The highest BCUT2D eigenvalue weighted by atomic mass is 35.5. The van der Waals surface area contributed by atoms with Crippen molar-refractivity contribution in [1.82, 2.24) is 5.32 Å². The van der Waals surface area contributed by atoms with Crippen LogP contribution in [-0.4, -0.2) is 26.1 Å². The van der Waals surface area contributed by atoms with E-state index in [-0.39, 0.29) is 12.5 Å². The molecule has 5 heteroatoms. The van der Waals surface area contributed by atoms with Crippen LogP contribution < -0.4 is 15.4 Å². The first-order chi connectivity index (χ1) is 7.67. The number of nitrogens with one attached hydrogen (secondary N) is 2. The van der Waals surface area contributed by atoms with Gasteiger partial charge < -0.3 is 15.4 Å². The van der Waals surface area contributed by atoms with Crippen molar-refractivity contribution in [3.8, 4) is 5.75 Å². The second-order valence-corrected chi connectivity index (χ2v) is 3.59. The van der Waals surface area contributed by atoms with Crippen LogP contribution >= 0.6 is 11.6 Å². The van der Waals surface area contributed by atoms with E-state index in [0.29, 0.717) is 23.1 Å². The number of amides is 1. The number of rotatable bonds is 5. The number of benzene rings is 1. The largest absolute Gasteiger partial charge is 0.492 e.